The summed E-state index contributed by atoms with van der Waals surface area (Å²) in [5, 5.41) is 24.2. The minimum absolute atomic E-state index is 0.00188. The summed E-state index contributed by atoms with van der Waals surface area (Å²) in [6, 6.07) is 1.75. The third-order valence-electron chi connectivity index (χ3n) is 4.93. The second-order valence-electron chi connectivity index (χ2n) is 7.49. The number of ketones is 2. The monoisotopic (exact) mass is 542 g/mol. The second-order valence-corrected chi connectivity index (χ2v) is 8.62. The largest absolute Gasteiger partial charge is 0.477 e. The molecule has 0 spiro atoms. The van der Waals surface area contributed by atoms with E-state index in [0.717, 1.165) is 18.7 Å². The molecule has 0 aromatic carbocycles. The quantitative estimate of drug-likeness (QED) is 0.145. The van der Waals surface area contributed by atoms with Gasteiger partial charge < -0.3 is 40.1 Å². The Morgan fingerprint density at radius 3 is 2.62 bits per heavy atom. The molecule has 0 aliphatic carbocycles. The number of Topliss-reactive ketones (excluding diaryl/α,β-unsaturated/α-hetero) is 2. The molecule has 2 heterocycles. The van der Waals surface area contributed by atoms with E-state index >= 15 is 0 Å². The van der Waals surface area contributed by atoms with Crippen molar-refractivity contribution in [2.24, 2.45) is 16.8 Å². The molecule has 0 radical (unpaired) electrons. The summed E-state index contributed by atoms with van der Waals surface area (Å²) in [4.78, 5) is 70.2. The van der Waals surface area contributed by atoms with E-state index in [1.165, 1.54) is 25.5 Å². The van der Waals surface area contributed by atoms with Crippen molar-refractivity contribution in [3.63, 3.8) is 0 Å². The summed E-state index contributed by atoms with van der Waals surface area (Å²) in [7, 11) is 1.21. The number of carbonyl (C=O) groups excluding carboxylic acids is 4. The number of carbonyl (C=O) groups is 5. The van der Waals surface area contributed by atoms with E-state index in [0.29, 0.717) is 0 Å². The minimum atomic E-state index is -1.40. The fourth-order valence-electron chi connectivity index (χ4n) is 3.05. The summed E-state index contributed by atoms with van der Waals surface area (Å²) >= 11 is 1.04. The topological polar surface area (TPSA) is 229 Å². The van der Waals surface area contributed by atoms with Crippen LogP contribution in [0.15, 0.2) is 39.2 Å². The molecule has 37 heavy (non-hydrogen) atoms. The van der Waals surface area contributed by atoms with Gasteiger partial charge >= 0.3 is 18.0 Å². The van der Waals surface area contributed by atoms with Gasteiger partial charge in [0.25, 0.3) is 0 Å². The molecule has 15 nitrogen and oxygen atoms in total. The van der Waals surface area contributed by atoms with E-state index < -0.39 is 66.6 Å². The van der Waals surface area contributed by atoms with Crippen molar-refractivity contribution in [3.8, 4) is 0 Å². The average molecular weight is 543 g/mol. The zero-order valence-corrected chi connectivity index (χ0v) is 20.6. The fraction of sp³-hybridized carbons (Fsp3) is 0.429. The van der Waals surface area contributed by atoms with E-state index in [2.05, 4.69) is 20.7 Å². The van der Waals surface area contributed by atoms with Crippen molar-refractivity contribution in [2.75, 3.05) is 26.1 Å². The number of nitrogens with two attached hydrogens (primary N) is 1. The van der Waals surface area contributed by atoms with Crippen LogP contribution in [-0.4, -0.2) is 83.0 Å². The lowest BCUT2D eigenvalue weighted by molar-refractivity contribution is -0.161. The average Bonchev–Trinajstić information content (AvgIpc) is 3.38. The summed E-state index contributed by atoms with van der Waals surface area (Å²) in [5.41, 5.74) is 6.69. The minimum Gasteiger partial charge on any atom is -0.477 e. The molecule has 1 aliphatic heterocycles. The molecule has 16 heteroatoms. The van der Waals surface area contributed by atoms with E-state index in [9.17, 15) is 34.2 Å². The number of oxime groups is 1. The van der Waals surface area contributed by atoms with Gasteiger partial charge in [0.1, 0.15) is 25.5 Å². The lowest BCUT2D eigenvalue weighted by Crippen LogP contribution is -2.47. The number of ether oxygens (including phenoxy) is 1. The zero-order chi connectivity index (χ0) is 27.5. The summed E-state index contributed by atoms with van der Waals surface area (Å²) in [6.45, 7) is 0.0951. The highest BCUT2D eigenvalue weighted by atomic mass is 32.2. The van der Waals surface area contributed by atoms with Gasteiger partial charge in [-0.3, -0.25) is 9.59 Å². The van der Waals surface area contributed by atoms with Crippen LogP contribution in [0.3, 0.4) is 0 Å². The maximum Gasteiger partial charge on any atom is 0.404 e. The number of furan rings is 1. The first kappa shape index (κ1) is 29.3. The van der Waals surface area contributed by atoms with Crippen LogP contribution in [-0.2, 0) is 33.6 Å². The molecule has 0 saturated heterocycles. The van der Waals surface area contributed by atoms with Crippen molar-refractivity contribution in [2.45, 2.75) is 24.8 Å². The third kappa shape index (κ3) is 8.33. The molecule has 6 N–H and O–H groups in total. The lowest BCUT2D eigenvalue weighted by Gasteiger charge is -2.31. The number of carboxylic acid groups (broad SMARTS) is 1. The molecule has 0 saturated carbocycles. The van der Waals surface area contributed by atoms with Crippen molar-refractivity contribution < 1.29 is 53.0 Å². The number of aliphatic hydroxyl groups is 1. The number of rotatable bonds is 14. The Kier molecular flexibility index (Phi) is 11.1. The first-order valence-electron chi connectivity index (χ1n) is 10.6. The number of aliphatic hydroxyl groups excluding tert-OH is 1. The summed E-state index contributed by atoms with van der Waals surface area (Å²) < 4.78 is 9.88. The molecule has 1 aromatic rings. The first-order chi connectivity index (χ1) is 17.6. The number of carboxylic acids is 1. The SMILES string of the molecule is CO/N=C(\C(=O)C[C@H](C(=O)ON[C@@H](CO)C(C)=O)[C@@H]1NC(C(=O)O)=C(COC(N)=O)CS1)c1ccco1. The number of hydroxylamine groups is 1. The maximum atomic E-state index is 13.1. The van der Waals surface area contributed by atoms with Crippen molar-refractivity contribution in [1.29, 1.82) is 0 Å². The zero-order valence-electron chi connectivity index (χ0n) is 19.8. The Labute approximate surface area is 214 Å². The number of hydrogen-bond donors (Lipinski definition) is 5. The van der Waals surface area contributed by atoms with Gasteiger partial charge in [-0.15, -0.1) is 17.2 Å². The number of nitrogens with one attached hydrogen (secondary N) is 2. The van der Waals surface area contributed by atoms with E-state index in [1.54, 1.807) is 0 Å². The van der Waals surface area contributed by atoms with E-state index in [4.69, 9.17) is 19.8 Å². The van der Waals surface area contributed by atoms with Crippen molar-refractivity contribution >= 4 is 47.1 Å². The Hall–Kier alpha value is -3.89. The molecule has 3 atom stereocenters. The van der Waals surface area contributed by atoms with Gasteiger partial charge in [0.2, 0.25) is 0 Å². The molecular formula is C21H26N4O11S. The van der Waals surface area contributed by atoms with Gasteiger partial charge in [0, 0.05) is 17.7 Å². The van der Waals surface area contributed by atoms with Crippen LogP contribution in [0.4, 0.5) is 4.79 Å². The Bertz CT molecular complexity index is 1070. The molecule has 202 valence electrons. The lowest BCUT2D eigenvalue weighted by atomic mass is 9.98. The number of primary amides is 1. The maximum absolute atomic E-state index is 13.1. The van der Waals surface area contributed by atoms with Gasteiger partial charge in [-0.25, -0.2) is 14.4 Å². The van der Waals surface area contributed by atoms with E-state index in [1.807, 2.05) is 0 Å². The molecule has 1 amide bonds. The first-order valence-corrected chi connectivity index (χ1v) is 11.6. The van der Waals surface area contributed by atoms with Crippen LogP contribution >= 0.6 is 11.8 Å². The molecule has 0 fully saturated rings. The van der Waals surface area contributed by atoms with Gasteiger partial charge in [-0.1, -0.05) is 5.16 Å². The van der Waals surface area contributed by atoms with Crippen LogP contribution in [0.2, 0.25) is 0 Å². The molecule has 0 bridgehead atoms. The highest BCUT2D eigenvalue weighted by Crippen LogP contribution is 2.30. The van der Waals surface area contributed by atoms with Crippen LogP contribution in [0, 0.1) is 5.92 Å². The number of thioether (sulfide) groups is 1. The Morgan fingerprint density at radius 1 is 1.35 bits per heavy atom. The standard InChI is InChI=1S/C21H26N4O11S/c1-10(27)13(7-26)24-36-20(31)12(6-14(28)17(25-33-2)15-4-3-5-34-15)18-23-16(19(29)30)11(9-37-18)8-35-21(22)32/h3-5,12-13,18,23-24,26H,6-9H2,1-2H3,(H2,22,32)(H,29,30)/b25-17+/t12-,13-,18+/m0/s1. The number of aliphatic carboxylic acids is 1. The van der Waals surface area contributed by atoms with Crippen LogP contribution < -0.4 is 16.5 Å². The summed E-state index contributed by atoms with van der Waals surface area (Å²) in [5.74, 6) is -4.92. The van der Waals surface area contributed by atoms with Crippen molar-refractivity contribution in [1.82, 2.24) is 10.8 Å². The molecule has 2 rings (SSSR count). The number of amides is 1. The Balaban J connectivity index is 2.34. The van der Waals surface area contributed by atoms with Gasteiger partial charge in [-0.2, -0.15) is 0 Å². The molecule has 1 aromatic heterocycles. The summed E-state index contributed by atoms with van der Waals surface area (Å²) in [6.07, 6.45) is -0.342. The number of nitrogens with zero attached hydrogens (tertiary/aromatic N) is 1. The fourth-order valence-corrected chi connectivity index (χ4v) is 4.30. The molecular weight excluding hydrogens is 516 g/mol. The van der Waals surface area contributed by atoms with Crippen LogP contribution in [0.1, 0.15) is 19.1 Å². The predicted octanol–water partition coefficient (Wildman–Crippen LogP) is -0.700. The van der Waals surface area contributed by atoms with Gasteiger partial charge in [-0.05, 0) is 19.1 Å². The van der Waals surface area contributed by atoms with Crippen molar-refractivity contribution in [3.05, 3.63) is 35.4 Å². The highest BCUT2D eigenvalue weighted by Gasteiger charge is 2.39. The molecule has 0 unspecified atom stereocenters. The predicted molar refractivity (Wildman–Crippen MR) is 126 cm³/mol. The third-order valence-corrected chi connectivity index (χ3v) is 6.25. The Morgan fingerprint density at radius 2 is 2.08 bits per heavy atom. The number of hydrogen-bond acceptors (Lipinski definition) is 14. The smallest absolute Gasteiger partial charge is 0.404 e. The molecule has 1 aliphatic rings. The van der Waals surface area contributed by atoms with Gasteiger partial charge in [0.05, 0.1) is 24.2 Å². The van der Waals surface area contributed by atoms with Crippen LogP contribution in [0.25, 0.3) is 0 Å². The normalized spacial score (nSPS) is 17.3. The second kappa shape index (κ2) is 14.0. The van der Waals surface area contributed by atoms with Gasteiger partial charge in [0.15, 0.2) is 23.0 Å². The van der Waals surface area contributed by atoms with E-state index in [-0.39, 0.29) is 28.5 Å². The highest BCUT2D eigenvalue weighted by molar-refractivity contribution is 8.00. The van der Waals surface area contributed by atoms with Crippen LogP contribution in [0.5, 0.6) is 0 Å².